The molecule has 0 radical (unpaired) electrons. The van der Waals surface area contributed by atoms with E-state index in [9.17, 15) is 5.11 Å². The number of pyridine rings is 1. The van der Waals surface area contributed by atoms with Crippen LogP contribution in [0.3, 0.4) is 0 Å². The van der Waals surface area contributed by atoms with E-state index < -0.39 is 14.4 Å². The number of rotatable bonds is 6. The molecule has 0 bridgehead atoms. The van der Waals surface area contributed by atoms with E-state index in [1.54, 1.807) is 0 Å². The molecule has 37 heavy (non-hydrogen) atoms. The summed E-state index contributed by atoms with van der Waals surface area (Å²) in [4.78, 5) is 5.37. The molecule has 1 N–H and O–H groups in total. The average molecular weight is 540 g/mol. The lowest BCUT2D eigenvalue weighted by molar-refractivity contribution is 0.105. The molecule has 2 aliphatic carbocycles. The van der Waals surface area contributed by atoms with Crippen LogP contribution in [0.5, 0.6) is 0 Å². The summed E-state index contributed by atoms with van der Waals surface area (Å²) < 4.78 is 7.23. The topological polar surface area (TPSA) is 42.4 Å². The van der Waals surface area contributed by atoms with Crippen molar-refractivity contribution in [2.45, 2.75) is 117 Å². The maximum Gasteiger partial charge on any atom is 0.192 e. The van der Waals surface area contributed by atoms with Crippen LogP contribution < -0.4 is 0 Å². The maximum absolute atomic E-state index is 12.0. The van der Waals surface area contributed by atoms with Crippen molar-refractivity contribution >= 4 is 25.5 Å². The highest BCUT2D eigenvalue weighted by atomic mass is 35.5. The minimum atomic E-state index is -2.06. The Balaban J connectivity index is 2.02. The van der Waals surface area contributed by atoms with Crippen LogP contribution in [-0.4, -0.2) is 18.4 Å². The van der Waals surface area contributed by atoms with E-state index in [1.165, 1.54) is 22.4 Å². The van der Waals surface area contributed by atoms with Crippen LogP contribution in [-0.2, 0) is 10.8 Å². The van der Waals surface area contributed by atoms with Gasteiger partial charge in [0.2, 0.25) is 0 Å². The second-order valence-corrected chi connectivity index (χ2v) is 19.0. The first-order valence-electron chi connectivity index (χ1n) is 14.0. The molecule has 1 aromatic heterocycles. The first-order chi connectivity index (χ1) is 17.1. The zero-order valence-electron chi connectivity index (χ0n) is 24.3. The number of aliphatic hydroxyl groups is 1. The fourth-order valence-electron chi connectivity index (χ4n) is 5.70. The minimum Gasteiger partial charge on any atom is -0.410 e. The largest absolute Gasteiger partial charge is 0.410 e. The van der Waals surface area contributed by atoms with E-state index in [-0.39, 0.29) is 22.5 Å². The molecule has 5 heteroatoms. The Labute approximate surface area is 230 Å². The second kappa shape index (κ2) is 10.3. The summed E-state index contributed by atoms with van der Waals surface area (Å²) in [6.45, 7) is 20.7. The van der Waals surface area contributed by atoms with Gasteiger partial charge in [0, 0.05) is 27.5 Å². The Kier molecular flexibility index (Phi) is 7.91. The third-order valence-electron chi connectivity index (χ3n) is 8.70. The lowest BCUT2D eigenvalue weighted by atomic mass is 9.71. The lowest BCUT2D eigenvalue weighted by Crippen LogP contribution is -2.44. The summed E-state index contributed by atoms with van der Waals surface area (Å²) in [5, 5.41) is 12.7. The van der Waals surface area contributed by atoms with Crippen molar-refractivity contribution in [2.75, 3.05) is 0 Å². The quantitative estimate of drug-likeness (QED) is 0.371. The molecular weight excluding hydrogens is 494 g/mol. The van der Waals surface area contributed by atoms with Crippen molar-refractivity contribution in [1.29, 1.82) is 0 Å². The predicted molar refractivity (Wildman–Crippen MR) is 159 cm³/mol. The third-order valence-corrected chi connectivity index (χ3v) is 13.4. The monoisotopic (exact) mass is 539 g/mol. The zero-order chi connectivity index (χ0) is 27.3. The lowest BCUT2D eigenvalue weighted by Gasteiger charge is -2.45. The van der Waals surface area contributed by atoms with Crippen LogP contribution in [0.1, 0.15) is 126 Å². The average Bonchev–Trinajstić information content (AvgIpc) is 3.30. The predicted octanol–water partition coefficient (Wildman–Crippen LogP) is 9.54. The first kappa shape index (κ1) is 28.5. The van der Waals surface area contributed by atoms with Gasteiger partial charge in [-0.1, -0.05) is 78.3 Å². The summed E-state index contributed by atoms with van der Waals surface area (Å²) in [6, 6.07) is 7.61. The van der Waals surface area contributed by atoms with Gasteiger partial charge in [-0.05, 0) is 90.4 Å². The van der Waals surface area contributed by atoms with Gasteiger partial charge in [-0.25, -0.2) is 0 Å². The number of halogens is 1. The number of allylic oxidation sites excluding steroid dienone is 2. The molecule has 0 fully saturated rings. The van der Waals surface area contributed by atoms with Crippen molar-refractivity contribution in [3.05, 3.63) is 69.0 Å². The van der Waals surface area contributed by atoms with E-state index in [0.29, 0.717) is 5.02 Å². The van der Waals surface area contributed by atoms with Gasteiger partial charge < -0.3 is 9.53 Å². The molecule has 1 unspecified atom stereocenters. The van der Waals surface area contributed by atoms with Gasteiger partial charge in [-0.2, -0.15) is 0 Å². The number of aliphatic hydroxyl groups excluding tert-OH is 1. The molecule has 0 aliphatic heterocycles. The number of hydrogen-bond donors (Lipinski definition) is 1. The van der Waals surface area contributed by atoms with Gasteiger partial charge in [0.25, 0.3) is 0 Å². The Morgan fingerprint density at radius 1 is 1.14 bits per heavy atom. The molecule has 2 atom stereocenters. The van der Waals surface area contributed by atoms with E-state index in [0.717, 1.165) is 48.9 Å². The van der Waals surface area contributed by atoms with Gasteiger partial charge >= 0.3 is 0 Å². The normalized spacial score (nSPS) is 20.6. The molecule has 0 saturated heterocycles. The fraction of sp³-hybridized carbons (Fsp3) is 0.594. The SMILES string of the molecule is CC(C)c1nc2c(c(C3=CCCC3)c1C(O)c1ccc(Cl)cc1)[C@@H](O[Si](C)(C)C(C)(C)C)CC(C)(C)C2. The van der Waals surface area contributed by atoms with Crippen molar-refractivity contribution in [3.8, 4) is 0 Å². The molecule has 1 aromatic carbocycles. The fourth-order valence-corrected chi connectivity index (χ4v) is 7.09. The number of hydrogen-bond acceptors (Lipinski definition) is 3. The molecule has 0 amide bonds. The van der Waals surface area contributed by atoms with Gasteiger partial charge in [-0.3, -0.25) is 4.98 Å². The van der Waals surface area contributed by atoms with Crippen LogP contribution in [0.4, 0.5) is 0 Å². The summed E-state index contributed by atoms with van der Waals surface area (Å²) in [5.74, 6) is 0.188. The Morgan fingerprint density at radius 3 is 2.32 bits per heavy atom. The highest BCUT2D eigenvalue weighted by Crippen LogP contribution is 2.52. The molecule has 0 spiro atoms. The number of fused-ring (bicyclic) bond motifs is 1. The zero-order valence-corrected chi connectivity index (χ0v) is 26.1. The minimum absolute atomic E-state index is 0.0268. The van der Waals surface area contributed by atoms with Gasteiger partial charge in [-0.15, -0.1) is 0 Å². The van der Waals surface area contributed by atoms with E-state index in [2.05, 4.69) is 67.6 Å². The summed E-state index contributed by atoms with van der Waals surface area (Å²) in [5.41, 5.74) is 7.90. The molecule has 1 heterocycles. The Bertz CT molecular complexity index is 1170. The highest BCUT2D eigenvalue weighted by Gasteiger charge is 2.45. The van der Waals surface area contributed by atoms with Crippen LogP contribution in [0, 0.1) is 5.41 Å². The summed E-state index contributed by atoms with van der Waals surface area (Å²) >= 11 is 6.20. The van der Waals surface area contributed by atoms with Crippen LogP contribution in [0.15, 0.2) is 30.3 Å². The first-order valence-corrected chi connectivity index (χ1v) is 17.3. The molecule has 202 valence electrons. The Morgan fingerprint density at radius 2 is 1.78 bits per heavy atom. The second-order valence-electron chi connectivity index (χ2n) is 13.8. The molecule has 4 rings (SSSR count). The summed E-state index contributed by atoms with van der Waals surface area (Å²) in [7, 11) is -2.06. The molecular formula is C32H46ClNO2Si. The van der Waals surface area contributed by atoms with E-state index >= 15 is 0 Å². The van der Waals surface area contributed by atoms with Crippen molar-refractivity contribution in [1.82, 2.24) is 4.98 Å². The van der Waals surface area contributed by atoms with Crippen molar-refractivity contribution < 1.29 is 9.53 Å². The number of nitrogens with zero attached hydrogens (tertiary/aromatic N) is 1. The van der Waals surface area contributed by atoms with Crippen LogP contribution >= 0.6 is 11.6 Å². The molecule has 0 saturated carbocycles. The number of aromatic nitrogens is 1. The Hall–Kier alpha value is -1.46. The van der Waals surface area contributed by atoms with Gasteiger partial charge in [0.1, 0.15) is 6.10 Å². The summed E-state index contributed by atoms with van der Waals surface area (Å²) in [6.07, 6.45) is 6.75. The molecule has 3 nitrogen and oxygen atoms in total. The van der Waals surface area contributed by atoms with Crippen LogP contribution in [0.25, 0.3) is 5.57 Å². The molecule has 2 aromatic rings. The van der Waals surface area contributed by atoms with Gasteiger partial charge in [0.05, 0.1) is 6.10 Å². The van der Waals surface area contributed by atoms with E-state index in [4.69, 9.17) is 21.0 Å². The highest BCUT2D eigenvalue weighted by molar-refractivity contribution is 6.74. The standard InChI is InChI=1S/C32H46ClNO2Si/c1-20(2)29-28(30(35)22-14-16-23(33)17-15-22)26(21-12-10-11-13-21)27-24(34-29)18-32(6,7)19-25(27)36-37(8,9)31(3,4)5/h12,14-17,20,25,30,35H,10-11,13,18-19H2,1-9H3/t25-,30?/m0/s1. The van der Waals surface area contributed by atoms with Crippen molar-refractivity contribution in [2.24, 2.45) is 5.41 Å². The van der Waals surface area contributed by atoms with E-state index in [1.807, 2.05) is 24.3 Å². The van der Waals surface area contributed by atoms with Crippen LogP contribution in [0.2, 0.25) is 23.2 Å². The molecule has 2 aliphatic rings. The maximum atomic E-state index is 12.0. The third kappa shape index (κ3) is 5.78. The smallest absolute Gasteiger partial charge is 0.192 e. The number of benzene rings is 1. The van der Waals surface area contributed by atoms with Gasteiger partial charge in [0.15, 0.2) is 8.32 Å². The van der Waals surface area contributed by atoms with Crippen molar-refractivity contribution in [3.63, 3.8) is 0 Å².